The molecule has 20 heavy (non-hydrogen) atoms. The Labute approximate surface area is 117 Å². The second kappa shape index (κ2) is 6.58. The number of likely N-dealkylation sites (tertiary alicyclic amines) is 1. The zero-order chi connectivity index (χ0) is 14.5. The van der Waals surface area contributed by atoms with Gasteiger partial charge in [0.2, 0.25) is 5.91 Å². The van der Waals surface area contributed by atoms with Gasteiger partial charge >= 0.3 is 12.0 Å². The molecule has 3 amide bonds. The summed E-state index contributed by atoms with van der Waals surface area (Å²) in [5.41, 5.74) is 0. The number of piperidine rings is 1. The maximum absolute atomic E-state index is 12.2. The van der Waals surface area contributed by atoms with Crippen molar-refractivity contribution in [3.05, 3.63) is 0 Å². The number of aliphatic carboxylic acids is 1. The lowest BCUT2D eigenvalue weighted by atomic mass is 9.92. The zero-order valence-corrected chi connectivity index (χ0v) is 11.5. The van der Waals surface area contributed by atoms with Gasteiger partial charge in [0.25, 0.3) is 0 Å². The van der Waals surface area contributed by atoms with Gasteiger partial charge in [0.15, 0.2) is 0 Å². The molecule has 0 spiro atoms. The first kappa shape index (κ1) is 14.6. The van der Waals surface area contributed by atoms with Crippen LogP contribution < -0.4 is 5.32 Å². The topological polar surface area (TPSA) is 89.9 Å². The van der Waals surface area contributed by atoms with Crippen LogP contribution in [0, 0.1) is 5.92 Å². The molecule has 2 saturated heterocycles. The Balaban J connectivity index is 1.76. The Hall–Kier alpha value is -1.79. The maximum atomic E-state index is 12.2. The van der Waals surface area contributed by atoms with Crippen LogP contribution in [0.15, 0.2) is 0 Å². The predicted molar refractivity (Wildman–Crippen MR) is 71.1 cm³/mol. The highest BCUT2D eigenvalue weighted by Crippen LogP contribution is 2.22. The molecule has 0 aromatic rings. The minimum absolute atomic E-state index is 0.0727. The van der Waals surface area contributed by atoms with E-state index in [2.05, 4.69) is 5.32 Å². The summed E-state index contributed by atoms with van der Waals surface area (Å²) in [7, 11) is 0. The van der Waals surface area contributed by atoms with E-state index in [1.54, 1.807) is 9.80 Å². The SMILES string of the molecule is O=C(O)CCC1CCN(C(=O)N2CCNC(=O)C2)CC1. The van der Waals surface area contributed by atoms with Crippen LogP contribution in [0.5, 0.6) is 0 Å². The molecule has 0 aromatic heterocycles. The molecule has 2 fully saturated rings. The van der Waals surface area contributed by atoms with Gasteiger partial charge in [-0.2, -0.15) is 0 Å². The van der Waals surface area contributed by atoms with E-state index >= 15 is 0 Å². The molecule has 0 bridgehead atoms. The van der Waals surface area contributed by atoms with E-state index in [1.165, 1.54) is 0 Å². The quantitative estimate of drug-likeness (QED) is 0.769. The standard InChI is InChI=1S/C13H21N3O4/c17-11-9-16(8-5-14-11)13(20)15-6-3-10(4-7-15)1-2-12(18)19/h10H,1-9H2,(H,14,17)(H,18,19). The highest BCUT2D eigenvalue weighted by Gasteiger charge is 2.28. The molecule has 7 nitrogen and oxygen atoms in total. The Morgan fingerprint density at radius 3 is 2.50 bits per heavy atom. The fourth-order valence-electron chi connectivity index (χ4n) is 2.74. The number of carboxylic acid groups (broad SMARTS) is 1. The van der Waals surface area contributed by atoms with E-state index in [0.717, 1.165) is 12.8 Å². The predicted octanol–water partition coefficient (Wildman–Crippen LogP) is 0.115. The van der Waals surface area contributed by atoms with E-state index < -0.39 is 5.97 Å². The van der Waals surface area contributed by atoms with E-state index in [1.807, 2.05) is 0 Å². The lowest BCUT2D eigenvalue weighted by Crippen LogP contribution is -2.55. The zero-order valence-electron chi connectivity index (χ0n) is 11.5. The normalized spacial score (nSPS) is 20.7. The third-order valence-corrected chi connectivity index (χ3v) is 3.96. The van der Waals surface area contributed by atoms with Crippen molar-refractivity contribution >= 4 is 17.9 Å². The van der Waals surface area contributed by atoms with Gasteiger partial charge in [-0.3, -0.25) is 9.59 Å². The number of hydrogen-bond acceptors (Lipinski definition) is 3. The van der Waals surface area contributed by atoms with E-state index in [9.17, 15) is 14.4 Å². The summed E-state index contributed by atoms with van der Waals surface area (Å²) >= 11 is 0. The van der Waals surface area contributed by atoms with Crippen LogP contribution in [-0.4, -0.2) is 65.5 Å². The number of carbonyl (C=O) groups is 3. The van der Waals surface area contributed by atoms with Gasteiger partial charge in [-0.1, -0.05) is 0 Å². The van der Waals surface area contributed by atoms with Crippen LogP contribution >= 0.6 is 0 Å². The summed E-state index contributed by atoms with van der Waals surface area (Å²) < 4.78 is 0. The van der Waals surface area contributed by atoms with Gasteiger partial charge in [-0.15, -0.1) is 0 Å². The molecule has 112 valence electrons. The lowest BCUT2D eigenvalue weighted by molar-refractivity contribution is -0.137. The molecule has 0 aliphatic carbocycles. The third-order valence-electron chi connectivity index (χ3n) is 3.96. The number of carbonyl (C=O) groups excluding carboxylic acids is 2. The Bertz CT molecular complexity index is 391. The fraction of sp³-hybridized carbons (Fsp3) is 0.769. The maximum Gasteiger partial charge on any atom is 0.320 e. The molecule has 2 heterocycles. The average molecular weight is 283 g/mol. The van der Waals surface area contributed by atoms with Crippen LogP contribution in [0.2, 0.25) is 0 Å². The molecule has 0 atom stereocenters. The minimum Gasteiger partial charge on any atom is -0.481 e. The molecule has 7 heteroatoms. The van der Waals surface area contributed by atoms with E-state index in [0.29, 0.717) is 38.5 Å². The van der Waals surface area contributed by atoms with Crippen molar-refractivity contribution in [2.45, 2.75) is 25.7 Å². The smallest absolute Gasteiger partial charge is 0.320 e. The minimum atomic E-state index is -0.761. The first-order valence-corrected chi connectivity index (χ1v) is 7.08. The monoisotopic (exact) mass is 283 g/mol. The van der Waals surface area contributed by atoms with Crippen molar-refractivity contribution < 1.29 is 19.5 Å². The second-order valence-corrected chi connectivity index (χ2v) is 5.42. The van der Waals surface area contributed by atoms with Crippen LogP contribution in [0.1, 0.15) is 25.7 Å². The van der Waals surface area contributed by atoms with Crippen molar-refractivity contribution in [1.82, 2.24) is 15.1 Å². The Morgan fingerprint density at radius 2 is 1.90 bits per heavy atom. The lowest BCUT2D eigenvalue weighted by Gasteiger charge is -2.36. The molecule has 2 N–H and O–H groups in total. The number of carboxylic acids is 1. The summed E-state index contributed by atoms with van der Waals surface area (Å²) in [6.07, 6.45) is 2.58. The number of nitrogens with one attached hydrogen (secondary N) is 1. The van der Waals surface area contributed by atoms with Crippen molar-refractivity contribution in [2.24, 2.45) is 5.92 Å². The number of rotatable bonds is 3. The second-order valence-electron chi connectivity index (χ2n) is 5.42. The molecule has 2 aliphatic heterocycles. The molecule has 0 radical (unpaired) electrons. The first-order valence-electron chi connectivity index (χ1n) is 7.08. The van der Waals surface area contributed by atoms with Gasteiger partial charge in [0.05, 0.1) is 0 Å². The molecule has 0 aromatic carbocycles. The van der Waals surface area contributed by atoms with Gasteiger partial charge < -0.3 is 20.2 Å². The molecule has 0 unspecified atom stereocenters. The molecular formula is C13H21N3O4. The van der Waals surface area contributed by atoms with Crippen molar-refractivity contribution in [1.29, 1.82) is 0 Å². The van der Waals surface area contributed by atoms with Gasteiger partial charge in [0, 0.05) is 32.6 Å². The van der Waals surface area contributed by atoms with E-state index in [4.69, 9.17) is 5.11 Å². The highest BCUT2D eigenvalue weighted by atomic mass is 16.4. The summed E-state index contributed by atoms with van der Waals surface area (Å²) in [6, 6.07) is -0.0727. The van der Waals surface area contributed by atoms with Crippen LogP contribution in [-0.2, 0) is 9.59 Å². The Morgan fingerprint density at radius 1 is 1.20 bits per heavy atom. The van der Waals surface area contributed by atoms with Crippen molar-refractivity contribution in [2.75, 3.05) is 32.7 Å². The average Bonchev–Trinajstić information content (AvgIpc) is 2.45. The molecule has 0 saturated carbocycles. The van der Waals surface area contributed by atoms with Crippen molar-refractivity contribution in [3.8, 4) is 0 Å². The van der Waals surface area contributed by atoms with E-state index in [-0.39, 0.29) is 24.9 Å². The third kappa shape index (κ3) is 3.85. The summed E-state index contributed by atoms with van der Waals surface area (Å²) in [5, 5.41) is 11.4. The summed E-state index contributed by atoms with van der Waals surface area (Å²) in [4.78, 5) is 37.4. The van der Waals surface area contributed by atoms with Gasteiger partial charge in [-0.25, -0.2) is 4.79 Å². The first-order chi connectivity index (χ1) is 9.56. The van der Waals surface area contributed by atoms with Gasteiger partial charge in [0.1, 0.15) is 6.54 Å². The number of urea groups is 1. The van der Waals surface area contributed by atoms with Crippen LogP contribution in [0.25, 0.3) is 0 Å². The summed E-state index contributed by atoms with van der Waals surface area (Å²) in [6.45, 7) is 2.52. The van der Waals surface area contributed by atoms with Crippen LogP contribution in [0.3, 0.4) is 0 Å². The Kier molecular flexibility index (Phi) is 4.81. The van der Waals surface area contributed by atoms with Crippen LogP contribution in [0.4, 0.5) is 4.79 Å². The fourth-order valence-corrected chi connectivity index (χ4v) is 2.74. The van der Waals surface area contributed by atoms with Crippen molar-refractivity contribution in [3.63, 3.8) is 0 Å². The highest BCUT2D eigenvalue weighted by molar-refractivity contribution is 5.85. The molecule has 2 rings (SSSR count). The van der Waals surface area contributed by atoms with Gasteiger partial charge in [-0.05, 0) is 25.2 Å². The number of amides is 3. The number of nitrogens with zero attached hydrogens (tertiary/aromatic N) is 2. The number of piperazine rings is 1. The largest absolute Gasteiger partial charge is 0.481 e. The molecular weight excluding hydrogens is 262 g/mol. The number of hydrogen-bond donors (Lipinski definition) is 2. The molecule has 2 aliphatic rings. The summed E-state index contributed by atoms with van der Waals surface area (Å²) in [5.74, 6) is -0.483.